The van der Waals surface area contributed by atoms with Gasteiger partial charge in [-0.1, -0.05) is 13.0 Å². The third kappa shape index (κ3) is 3.18. The number of nitrogens with two attached hydrogens (primary N) is 1. The minimum Gasteiger partial charge on any atom is -0.356 e. The van der Waals surface area contributed by atoms with Gasteiger partial charge in [-0.15, -0.1) is 0 Å². The number of rotatable bonds is 5. The molecule has 2 atom stereocenters. The summed E-state index contributed by atoms with van der Waals surface area (Å²) in [4.78, 5) is 6.92. The first-order valence-corrected chi connectivity index (χ1v) is 7.88. The minimum atomic E-state index is 0.235. The van der Waals surface area contributed by atoms with Crippen LogP contribution in [0.1, 0.15) is 25.3 Å². The van der Waals surface area contributed by atoms with E-state index in [1.54, 1.807) is 0 Å². The van der Waals surface area contributed by atoms with Crippen molar-refractivity contribution in [3.05, 3.63) is 23.9 Å². The van der Waals surface area contributed by atoms with Crippen LogP contribution in [0.15, 0.2) is 18.3 Å². The zero-order chi connectivity index (χ0) is 13.0. The highest BCUT2D eigenvalue weighted by atomic mass is 32.2. The molecule has 3 nitrogen and oxygen atoms in total. The van der Waals surface area contributed by atoms with E-state index in [1.165, 1.54) is 23.5 Å². The average Bonchev–Trinajstić information content (AvgIpc) is 2.92. The Morgan fingerprint density at radius 3 is 3.11 bits per heavy atom. The Morgan fingerprint density at radius 2 is 2.44 bits per heavy atom. The van der Waals surface area contributed by atoms with Gasteiger partial charge in [0.15, 0.2) is 0 Å². The Kier molecular flexibility index (Phi) is 4.89. The van der Waals surface area contributed by atoms with Crippen LogP contribution in [0.25, 0.3) is 0 Å². The maximum atomic E-state index is 6.08. The molecule has 0 radical (unpaired) electrons. The fraction of sp³-hybridized carbons (Fsp3) is 0.643. The molecule has 1 aliphatic heterocycles. The fourth-order valence-electron chi connectivity index (χ4n) is 2.33. The average molecular weight is 265 g/mol. The lowest BCUT2D eigenvalue weighted by Gasteiger charge is -2.27. The normalized spacial score (nSPS) is 20.9. The first kappa shape index (κ1) is 13.7. The van der Waals surface area contributed by atoms with Gasteiger partial charge in [0.25, 0.3) is 0 Å². The standard InChI is InChI=1S/C14H23N3S/c1-3-12(15)9-11-5-4-7-16-14(11)17(2)13-6-8-18-10-13/h4-5,7,12-13H,3,6,8-10,15H2,1-2H3. The molecule has 2 heterocycles. The van der Waals surface area contributed by atoms with Crippen LogP contribution < -0.4 is 10.6 Å². The van der Waals surface area contributed by atoms with Gasteiger partial charge >= 0.3 is 0 Å². The number of nitrogens with zero attached hydrogens (tertiary/aromatic N) is 2. The van der Waals surface area contributed by atoms with E-state index < -0.39 is 0 Å². The highest BCUT2D eigenvalue weighted by Gasteiger charge is 2.22. The number of pyridine rings is 1. The molecule has 0 aliphatic carbocycles. The molecule has 1 aromatic heterocycles. The molecule has 1 fully saturated rings. The van der Waals surface area contributed by atoms with Crippen molar-refractivity contribution in [1.82, 2.24) is 4.98 Å². The Labute approximate surface area is 114 Å². The van der Waals surface area contributed by atoms with Crippen LogP contribution in [0, 0.1) is 0 Å². The van der Waals surface area contributed by atoms with Crippen molar-refractivity contribution in [1.29, 1.82) is 0 Å². The summed E-state index contributed by atoms with van der Waals surface area (Å²) in [6.45, 7) is 2.14. The maximum Gasteiger partial charge on any atom is 0.131 e. The predicted octanol–water partition coefficient (Wildman–Crippen LogP) is 2.30. The minimum absolute atomic E-state index is 0.235. The molecule has 0 saturated carbocycles. The molecule has 0 amide bonds. The van der Waals surface area contributed by atoms with Crippen LogP contribution >= 0.6 is 11.8 Å². The summed E-state index contributed by atoms with van der Waals surface area (Å²) >= 11 is 2.04. The highest BCUT2D eigenvalue weighted by Crippen LogP contribution is 2.27. The zero-order valence-electron chi connectivity index (χ0n) is 11.3. The molecule has 0 aromatic carbocycles. The molecule has 2 unspecified atom stereocenters. The topological polar surface area (TPSA) is 42.1 Å². The molecule has 2 rings (SSSR count). The Hall–Kier alpha value is -0.740. The Balaban J connectivity index is 2.15. The van der Waals surface area contributed by atoms with Crippen molar-refractivity contribution >= 4 is 17.6 Å². The molecule has 1 saturated heterocycles. The van der Waals surface area contributed by atoms with Crippen LogP contribution in [0.2, 0.25) is 0 Å². The van der Waals surface area contributed by atoms with Crippen LogP contribution in [-0.4, -0.2) is 35.6 Å². The maximum absolute atomic E-state index is 6.08. The van der Waals surface area contributed by atoms with Crippen molar-refractivity contribution in [2.24, 2.45) is 5.73 Å². The van der Waals surface area contributed by atoms with Gasteiger partial charge in [0, 0.05) is 31.1 Å². The molecule has 18 heavy (non-hydrogen) atoms. The summed E-state index contributed by atoms with van der Waals surface area (Å²) < 4.78 is 0. The third-order valence-electron chi connectivity index (χ3n) is 3.66. The fourth-order valence-corrected chi connectivity index (χ4v) is 3.60. The second-order valence-corrected chi connectivity index (χ2v) is 6.14. The van der Waals surface area contributed by atoms with Gasteiger partial charge in [-0.05, 0) is 36.6 Å². The van der Waals surface area contributed by atoms with E-state index in [0.29, 0.717) is 6.04 Å². The second kappa shape index (κ2) is 6.43. The summed E-state index contributed by atoms with van der Waals surface area (Å²) in [5.41, 5.74) is 7.36. The lowest BCUT2D eigenvalue weighted by atomic mass is 10.0. The summed E-state index contributed by atoms with van der Waals surface area (Å²) in [6, 6.07) is 5.04. The van der Waals surface area contributed by atoms with Crippen LogP contribution in [0.5, 0.6) is 0 Å². The number of aromatic nitrogens is 1. The van der Waals surface area contributed by atoms with Gasteiger partial charge in [0.05, 0.1) is 0 Å². The van der Waals surface area contributed by atoms with Gasteiger partial charge in [-0.25, -0.2) is 4.98 Å². The van der Waals surface area contributed by atoms with Gasteiger partial charge in [-0.3, -0.25) is 0 Å². The summed E-state index contributed by atoms with van der Waals surface area (Å²) in [5.74, 6) is 3.60. The molecule has 100 valence electrons. The monoisotopic (exact) mass is 265 g/mol. The number of anilines is 1. The third-order valence-corrected chi connectivity index (χ3v) is 4.81. The van der Waals surface area contributed by atoms with Crippen molar-refractivity contribution in [3.8, 4) is 0 Å². The van der Waals surface area contributed by atoms with E-state index in [9.17, 15) is 0 Å². The van der Waals surface area contributed by atoms with E-state index in [0.717, 1.165) is 18.7 Å². The molecule has 4 heteroatoms. The lowest BCUT2D eigenvalue weighted by Crippen LogP contribution is -2.33. The van der Waals surface area contributed by atoms with Crippen LogP contribution in [0.4, 0.5) is 5.82 Å². The number of hydrogen-bond acceptors (Lipinski definition) is 4. The summed E-state index contributed by atoms with van der Waals surface area (Å²) in [5, 5.41) is 0. The van der Waals surface area contributed by atoms with Gasteiger partial charge in [0.2, 0.25) is 0 Å². The molecule has 1 aliphatic rings. The van der Waals surface area contributed by atoms with Gasteiger partial charge < -0.3 is 10.6 Å². The molecule has 2 N–H and O–H groups in total. The van der Waals surface area contributed by atoms with E-state index in [2.05, 4.69) is 29.9 Å². The van der Waals surface area contributed by atoms with E-state index in [4.69, 9.17) is 5.73 Å². The smallest absolute Gasteiger partial charge is 0.131 e. The zero-order valence-corrected chi connectivity index (χ0v) is 12.1. The second-order valence-electron chi connectivity index (χ2n) is 4.99. The molecule has 0 bridgehead atoms. The number of thioether (sulfide) groups is 1. The molecular weight excluding hydrogens is 242 g/mol. The molecule has 0 spiro atoms. The summed E-state index contributed by atoms with van der Waals surface area (Å²) in [7, 11) is 2.17. The van der Waals surface area contributed by atoms with E-state index >= 15 is 0 Å². The van der Waals surface area contributed by atoms with Crippen molar-refractivity contribution in [3.63, 3.8) is 0 Å². The van der Waals surface area contributed by atoms with Crippen molar-refractivity contribution < 1.29 is 0 Å². The lowest BCUT2D eigenvalue weighted by molar-refractivity contribution is 0.636. The molecular formula is C14H23N3S. The SMILES string of the molecule is CCC(N)Cc1cccnc1N(C)C1CCSC1. The van der Waals surface area contributed by atoms with Crippen LogP contribution in [0.3, 0.4) is 0 Å². The molecule has 1 aromatic rings. The van der Waals surface area contributed by atoms with Gasteiger partial charge in [0.1, 0.15) is 5.82 Å². The Morgan fingerprint density at radius 1 is 1.61 bits per heavy atom. The first-order valence-electron chi connectivity index (χ1n) is 6.72. The largest absolute Gasteiger partial charge is 0.356 e. The first-order chi connectivity index (χ1) is 8.72. The summed E-state index contributed by atoms with van der Waals surface area (Å²) in [6.07, 6.45) is 5.08. The highest BCUT2D eigenvalue weighted by molar-refractivity contribution is 7.99. The van der Waals surface area contributed by atoms with E-state index in [1.807, 2.05) is 24.0 Å². The van der Waals surface area contributed by atoms with Gasteiger partial charge in [-0.2, -0.15) is 11.8 Å². The Bertz CT molecular complexity index is 377. The van der Waals surface area contributed by atoms with Crippen molar-refractivity contribution in [2.75, 3.05) is 23.5 Å². The predicted molar refractivity (Wildman–Crippen MR) is 80.3 cm³/mol. The quantitative estimate of drug-likeness (QED) is 0.887. The van der Waals surface area contributed by atoms with Crippen LogP contribution in [-0.2, 0) is 6.42 Å². The van der Waals surface area contributed by atoms with Crippen molar-refractivity contribution in [2.45, 2.75) is 38.3 Å². The van der Waals surface area contributed by atoms with E-state index in [-0.39, 0.29) is 6.04 Å². The number of hydrogen-bond donors (Lipinski definition) is 1.